The molecule has 0 aliphatic rings. The number of hydrogen-bond donors (Lipinski definition) is 5. The molecule has 0 fully saturated rings. The van der Waals surface area contributed by atoms with Crippen LogP contribution in [0, 0.1) is 0 Å². The number of phenols is 1. The minimum atomic E-state index is -1.32. The molecule has 5 rings (SSSR count). The molecule has 3 amide bonds. The fraction of sp³-hybridized carbons (Fsp3) is 0.0526. The Kier molecular flexibility index (Phi) is 11.4. The van der Waals surface area contributed by atoms with Gasteiger partial charge < -0.3 is 30.9 Å². The van der Waals surface area contributed by atoms with Gasteiger partial charge in [0.15, 0.2) is 0 Å². The van der Waals surface area contributed by atoms with Crippen molar-refractivity contribution in [2.24, 2.45) is 0 Å². The maximum atomic E-state index is 13.5. The first-order valence-corrected chi connectivity index (χ1v) is 16.0. The highest BCUT2D eigenvalue weighted by atomic mass is 32.2. The first-order valence-electron chi connectivity index (χ1n) is 15.0. The number of anilines is 2. The quantitative estimate of drug-likeness (QED) is 0.0519. The summed E-state index contributed by atoms with van der Waals surface area (Å²) in [7, 11) is 0. The summed E-state index contributed by atoms with van der Waals surface area (Å²) >= 11 is 1.20. The predicted molar refractivity (Wildman–Crippen MR) is 189 cm³/mol. The van der Waals surface area contributed by atoms with Crippen molar-refractivity contribution in [3.63, 3.8) is 0 Å². The third-order valence-electron chi connectivity index (χ3n) is 6.94. The molecule has 0 aliphatic carbocycles. The van der Waals surface area contributed by atoms with E-state index in [0.29, 0.717) is 34.1 Å². The maximum Gasteiger partial charge on any atom is 0.339 e. The van der Waals surface area contributed by atoms with Gasteiger partial charge in [-0.2, -0.15) is 0 Å². The molecule has 246 valence electrons. The topological polar surface area (TPSA) is 154 Å². The third kappa shape index (κ3) is 10.1. The molecule has 5 aromatic carbocycles. The number of aromatic carboxylic acids is 1. The van der Waals surface area contributed by atoms with Crippen LogP contribution in [-0.4, -0.2) is 39.7 Å². The number of rotatable bonds is 13. The van der Waals surface area contributed by atoms with Crippen LogP contribution in [0.1, 0.15) is 31.8 Å². The molecule has 0 unspecified atom stereocenters. The molecule has 11 heteroatoms. The van der Waals surface area contributed by atoms with Crippen molar-refractivity contribution in [1.82, 2.24) is 5.32 Å². The summed E-state index contributed by atoms with van der Waals surface area (Å²) in [6.07, 6.45) is 1.57. The largest absolute Gasteiger partial charge is 0.507 e. The van der Waals surface area contributed by atoms with Crippen LogP contribution < -0.4 is 20.7 Å². The minimum Gasteiger partial charge on any atom is -0.507 e. The van der Waals surface area contributed by atoms with Gasteiger partial charge in [-0.25, -0.2) is 4.79 Å². The molecule has 0 spiro atoms. The number of carboxylic acids is 1. The van der Waals surface area contributed by atoms with Crippen molar-refractivity contribution < 1.29 is 34.1 Å². The van der Waals surface area contributed by atoms with Gasteiger partial charge in [0.1, 0.15) is 29.4 Å². The monoisotopic (exact) mass is 673 g/mol. The molecule has 10 nitrogen and oxygen atoms in total. The Morgan fingerprint density at radius 1 is 0.735 bits per heavy atom. The van der Waals surface area contributed by atoms with Gasteiger partial charge in [0, 0.05) is 21.8 Å². The van der Waals surface area contributed by atoms with Crippen molar-refractivity contribution in [2.45, 2.75) is 11.5 Å². The number of carbonyl (C=O) groups is 4. The van der Waals surface area contributed by atoms with Gasteiger partial charge in [0.05, 0.1) is 5.75 Å². The maximum absolute atomic E-state index is 13.5. The van der Waals surface area contributed by atoms with Crippen LogP contribution in [0.4, 0.5) is 11.4 Å². The fourth-order valence-electron chi connectivity index (χ4n) is 4.50. The highest BCUT2D eigenvalue weighted by molar-refractivity contribution is 8.00. The standard InChI is InChI=1S/C38H31N3O7S/c42-34-19-16-29(22-32(34)38(46)47)39-35(43)24-49-31-13-7-12-28(21-31)40-37(45)33(41-36(44)27-10-5-2-6-11-27)20-25-14-17-30(18-15-25)48-23-26-8-3-1-4-9-26/h1-22,42H,23-24H2,(H,39,43)(H,40,45)(H,41,44)(H,46,47)/b33-20+. The molecule has 0 aliphatic heterocycles. The number of nitrogens with one attached hydrogen (secondary N) is 3. The smallest absolute Gasteiger partial charge is 0.339 e. The Labute approximate surface area is 286 Å². The Morgan fingerprint density at radius 3 is 2.14 bits per heavy atom. The third-order valence-corrected chi connectivity index (χ3v) is 7.93. The van der Waals surface area contributed by atoms with Gasteiger partial charge in [0.2, 0.25) is 5.91 Å². The van der Waals surface area contributed by atoms with E-state index >= 15 is 0 Å². The van der Waals surface area contributed by atoms with Gasteiger partial charge in [0.25, 0.3) is 11.8 Å². The lowest BCUT2D eigenvalue weighted by atomic mass is 10.1. The van der Waals surface area contributed by atoms with Crippen molar-refractivity contribution in [3.8, 4) is 11.5 Å². The number of aromatic hydroxyl groups is 1. The van der Waals surface area contributed by atoms with Gasteiger partial charge in [-0.3, -0.25) is 14.4 Å². The summed E-state index contributed by atoms with van der Waals surface area (Å²) in [6.45, 7) is 0.408. The van der Waals surface area contributed by atoms with Crippen LogP contribution in [0.3, 0.4) is 0 Å². The molecule has 0 aromatic heterocycles. The molecule has 49 heavy (non-hydrogen) atoms. The summed E-state index contributed by atoms with van der Waals surface area (Å²) in [5, 5.41) is 27.0. The van der Waals surface area contributed by atoms with E-state index in [9.17, 15) is 29.4 Å². The minimum absolute atomic E-state index is 0.00990. The number of thioether (sulfide) groups is 1. The Bertz CT molecular complexity index is 1980. The van der Waals surface area contributed by atoms with E-state index in [1.165, 1.54) is 30.0 Å². The van der Waals surface area contributed by atoms with Crippen molar-refractivity contribution >= 4 is 52.9 Å². The molecule has 0 saturated heterocycles. The second-order valence-corrected chi connectivity index (χ2v) is 11.6. The zero-order valence-electron chi connectivity index (χ0n) is 26.0. The van der Waals surface area contributed by atoms with Gasteiger partial charge in [-0.1, -0.05) is 66.7 Å². The van der Waals surface area contributed by atoms with Crippen LogP contribution in [-0.2, 0) is 16.2 Å². The molecule has 0 heterocycles. The summed E-state index contributed by atoms with van der Waals surface area (Å²) in [5.74, 6) is -2.49. The van der Waals surface area contributed by atoms with E-state index in [-0.39, 0.29) is 22.7 Å². The SMILES string of the molecule is O=C(CSc1cccc(NC(=O)/C(=C\c2ccc(OCc3ccccc3)cc2)NC(=O)c2ccccc2)c1)Nc1ccc(O)c(C(=O)O)c1. The zero-order valence-corrected chi connectivity index (χ0v) is 26.8. The van der Waals surface area contributed by atoms with Crippen molar-refractivity contribution in [2.75, 3.05) is 16.4 Å². The van der Waals surface area contributed by atoms with Crippen LogP contribution in [0.15, 0.2) is 138 Å². The molecular weight excluding hydrogens is 642 g/mol. The molecule has 0 radical (unpaired) electrons. The molecule has 5 aromatic rings. The Morgan fingerprint density at radius 2 is 1.43 bits per heavy atom. The van der Waals surface area contributed by atoms with E-state index < -0.39 is 29.4 Å². The predicted octanol–water partition coefficient (Wildman–Crippen LogP) is 6.81. The molecule has 0 saturated carbocycles. The molecule has 0 atom stereocenters. The normalized spacial score (nSPS) is 10.9. The zero-order chi connectivity index (χ0) is 34.6. The highest BCUT2D eigenvalue weighted by Crippen LogP contribution is 2.25. The summed E-state index contributed by atoms with van der Waals surface area (Å²) < 4.78 is 5.87. The summed E-state index contributed by atoms with van der Waals surface area (Å²) in [4.78, 5) is 51.1. The number of carboxylic acid groups (broad SMARTS) is 1. The molecule has 5 N–H and O–H groups in total. The van der Waals surface area contributed by atoms with E-state index in [0.717, 1.165) is 5.56 Å². The number of amides is 3. The van der Waals surface area contributed by atoms with Crippen molar-refractivity contribution in [3.05, 3.63) is 155 Å². The van der Waals surface area contributed by atoms with Crippen molar-refractivity contribution in [1.29, 1.82) is 0 Å². The lowest BCUT2D eigenvalue weighted by Crippen LogP contribution is -2.30. The first kappa shape index (κ1) is 34.0. The van der Waals surface area contributed by atoms with Gasteiger partial charge in [-0.15, -0.1) is 11.8 Å². The molecular formula is C38H31N3O7S. The number of carbonyl (C=O) groups excluding carboxylic acids is 3. The summed E-state index contributed by atoms with van der Waals surface area (Å²) in [5.41, 5.74) is 2.42. The van der Waals surface area contributed by atoms with Crippen LogP contribution in [0.25, 0.3) is 6.08 Å². The lowest BCUT2D eigenvalue weighted by Gasteiger charge is -2.13. The fourth-order valence-corrected chi connectivity index (χ4v) is 5.26. The van der Waals surface area contributed by atoms with E-state index in [1.54, 1.807) is 84.9 Å². The Hall–Kier alpha value is -6.33. The van der Waals surface area contributed by atoms with Gasteiger partial charge in [-0.05, 0) is 77.9 Å². The first-order chi connectivity index (χ1) is 23.7. The average Bonchev–Trinajstić information content (AvgIpc) is 3.11. The average molecular weight is 674 g/mol. The van der Waals surface area contributed by atoms with E-state index in [4.69, 9.17) is 4.74 Å². The van der Waals surface area contributed by atoms with E-state index in [2.05, 4.69) is 16.0 Å². The summed E-state index contributed by atoms with van der Waals surface area (Å²) in [6, 6.07) is 36.1. The Balaban J connectivity index is 1.25. The lowest BCUT2D eigenvalue weighted by molar-refractivity contribution is -0.114. The van der Waals surface area contributed by atoms with Gasteiger partial charge >= 0.3 is 5.97 Å². The van der Waals surface area contributed by atoms with Crippen LogP contribution in [0.5, 0.6) is 11.5 Å². The highest BCUT2D eigenvalue weighted by Gasteiger charge is 2.16. The number of ether oxygens (including phenoxy) is 1. The van der Waals surface area contributed by atoms with Crippen LogP contribution >= 0.6 is 11.8 Å². The van der Waals surface area contributed by atoms with E-state index in [1.807, 2.05) is 30.3 Å². The second-order valence-electron chi connectivity index (χ2n) is 10.6. The number of hydrogen-bond acceptors (Lipinski definition) is 7. The second kappa shape index (κ2) is 16.5. The number of benzene rings is 5. The molecule has 0 bridgehead atoms. The van der Waals surface area contributed by atoms with Crippen LogP contribution in [0.2, 0.25) is 0 Å².